The van der Waals surface area contributed by atoms with Crippen LogP contribution < -0.4 is 10.2 Å². The molecule has 0 radical (unpaired) electrons. The van der Waals surface area contributed by atoms with E-state index in [1.807, 2.05) is 12.1 Å². The van der Waals surface area contributed by atoms with Crippen LogP contribution in [0.5, 0.6) is 0 Å². The van der Waals surface area contributed by atoms with Crippen LogP contribution in [0.15, 0.2) is 36.7 Å². The highest BCUT2D eigenvalue weighted by Gasteiger charge is 2.14. The maximum atomic E-state index is 12.1. The number of hydrogen-bond acceptors (Lipinski definition) is 4. The minimum Gasteiger partial charge on any atom is -0.357 e. The van der Waals surface area contributed by atoms with E-state index < -0.39 is 0 Å². The van der Waals surface area contributed by atoms with Gasteiger partial charge in [-0.2, -0.15) is 0 Å². The van der Waals surface area contributed by atoms with Crippen molar-refractivity contribution < 1.29 is 4.79 Å². The van der Waals surface area contributed by atoms with Crippen molar-refractivity contribution in [3.63, 3.8) is 0 Å². The van der Waals surface area contributed by atoms with Crippen molar-refractivity contribution in [2.75, 3.05) is 23.3 Å². The van der Waals surface area contributed by atoms with Crippen molar-refractivity contribution in [1.29, 1.82) is 0 Å². The molecule has 0 unspecified atom stereocenters. The molecule has 3 heterocycles. The van der Waals surface area contributed by atoms with Gasteiger partial charge in [-0.05, 0) is 37.1 Å². The molecule has 2 aromatic heterocycles. The van der Waals surface area contributed by atoms with Crippen LogP contribution in [0.25, 0.3) is 0 Å². The number of nitrogens with one attached hydrogen (secondary N) is 1. The van der Waals surface area contributed by atoms with Crippen LogP contribution in [-0.2, 0) is 0 Å². The molecule has 0 aromatic carbocycles. The van der Waals surface area contributed by atoms with Gasteiger partial charge >= 0.3 is 0 Å². The first-order valence-corrected chi connectivity index (χ1v) is 7.25. The molecule has 1 N–H and O–H groups in total. The highest BCUT2D eigenvalue weighted by molar-refractivity contribution is 6.33. The summed E-state index contributed by atoms with van der Waals surface area (Å²) in [4.78, 5) is 22.6. The summed E-state index contributed by atoms with van der Waals surface area (Å²) in [7, 11) is 0. The van der Waals surface area contributed by atoms with Gasteiger partial charge in [-0.3, -0.25) is 4.79 Å². The second-order valence-electron chi connectivity index (χ2n) is 4.90. The lowest BCUT2D eigenvalue weighted by molar-refractivity contribution is 0.102. The molecule has 1 aliphatic heterocycles. The molecule has 0 atom stereocenters. The van der Waals surface area contributed by atoms with Gasteiger partial charge in [0.05, 0.1) is 17.4 Å². The largest absolute Gasteiger partial charge is 0.357 e. The van der Waals surface area contributed by atoms with Crippen LogP contribution in [0.2, 0.25) is 5.15 Å². The fourth-order valence-electron chi connectivity index (χ4n) is 2.35. The molecule has 0 saturated carbocycles. The second kappa shape index (κ2) is 6.10. The zero-order valence-electron chi connectivity index (χ0n) is 11.4. The fourth-order valence-corrected chi connectivity index (χ4v) is 2.55. The van der Waals surface area contributed by atoms with Gasteiger partial charge in [-0.1, -0.05) is 11.6 Å². The Morgan fingerprint density at radius 2 is 2.00 bits per heavy atom. The Hall–Kier alpha value is -2.14. The van der Waals surface area contributed by atoms with E-state index in [0.29, 0.717) is 11.3 Å². The van der Waals surface area contributed by atoms with Gasteiger partial charge in [0.1, 0.15) is 11.0 Å². The van der Waals surface area contributed by atoms with Gasteiger partial charge in [0.15, 0.2) is 0 Å². The summed E-state index contributed by atoms with van der Waals surface area (Å²) in [6.45, 7) is 2.09. The zero-order valence-corrected chi connectivity index (χ0v) is 12.2. The lowest BCUT2D eigenvalue weighted by atomic mass is 10.2. The van der Waals surface area contributed by atoms with Crippen molar-refractivity contribution in [2.24, 2.45) is 0 Å². The van der Waals surface area contributed by atoms with Crippen LogP contribution in [0.4, 0.5) is 11.5 Å². The molecule has 0 spiro atoms. The number of amides is 1. The van der Waals surface area contributed by atoms with Gasteiger partial charge in [-0.15, -0.1) is 0 Å². The van der Waals surface area contributed by atoms with Crippen LogP contribution in [0.3, 0.4) is 0 Å². The first kappa shape index (κ1) is 13.8. The topological polar surface area (TPSA) is 58.1 Å². The van der Waals surface area contributed by atoms with Crippen LogP contribution in [0, 0.1) is 0 Å². The molecule has 2 aromatic rings. The van der Waals surface area contributed by atoms with E-state index in [0.717, 1.165) is 18.9 Å². The average Bonchev–Trinajstić information content (AvgIpc) is 3.02. The zero-order chi connectivity index (χ0) is 14.7. The summed E-state index contributed by atoms with van der Waals surface area (Å²) in [5, 5.41) is 2.96. The first-order chi connectivity index (χ1) is 10.2. The van der Waals surface area contributed by atoms with Crippen LogP contribution in [0.1, 0.15) is 23.2 Å². The van der Waals surface area contributed by atoms with E-state index >= 15 is 0 Å². The maximum Gasteiger partial charge on any atom is 0.258 e. The second-order valence-corrected chi connectivity index (χ2v) is 5.25. The van der Waals surface area contributed by atoms with Gasteiger partial charge in [-0.25, -0.2) is 9.97 Å². The standard InChI is InChI=1S/C15H15ClN4O/c16-14-12(4-3-7-17-14)15(21)19-11-5-6-13(18-10-11)20-8-1-2-9-20/h3-7,10H,1-2,8-9H2,(H,19,21). The van der Waals surface area contributed by atoms with E-state index in [1.165, 1.54) is 12.8 Å². The summed E-state index contributed by atoms with van der Waals surface area (Å²) in [5.74, 6) is 0.661. The van der Waals surface area contributed by atoms with Gasteiger partial charge in [0, 0.05) is 19.3 Å². The van der Waals surface area contributed by atoms with E-state index in [-0.39, 0.29) is 11.1 Å². The quantitative estimate of drug-likeness (QED) is 0.886. The third-order valence-corrected chi connectivity index (χ3v) is 3.74. The van der Waals surface area contributed by atoms with E-state index in [1.54, 1.807) is 24.5 Å². The number of carbonyl (C=O) groups excluding carboxylic acids is 1. The third kappa shape index (κ3) is 3.13. The number of aromatic nitrogens is 2. The summed E-state index contributed by atoms with van der Waals surface area (Å²) in [6.07, 6.45) is 5.63. The van der Waals surface area contributed by atoms with Crippen molar-refractivity contribution in [3.8, 4) is 0 Å². The van der Waals surface area contributed by atoms with E-state index in [2.05, 4.69) is 20.2 Å². The number of carbonyl (C=O) groups is 1. The molecule has 108 valence electrons. The molecule has 1 fully saturated rings. The molecule has 6 heteroatoms. The summed E-state index contributed by atoms with van der Waals surface area (Å²) in [6, 6.07) is 7.08. The molecule has 3 rings (SSSR count). The minimum atomic E-state index is -0.288. The molecule has 1 amide bonds. The monoisotopic (exact) mass is 302 g/mol. The predicted octanol–water partition coefficient (Wildman–Crippen LogP) is 2.98. The molecular formula is C15H15ClN4O. The lowest BCUT2D eigenvalue weighted by Gasteiger charge is -2.16. The number of pyridine rings is 2. The Bertz CT molecular complexity index is 638. The average molecular weight is 303 g/mol. The smallest absolute Gasteiger partial charge is 0.258 e. The third-order valence-electron chi connectivity index (χ3n) is 3.44. The van der Waals surface area contributed by atoms with Crippen LogP contribution in [-0.4, -0.2) is 29.0 Å². The molecule has 0 bridgehead atoms. The van der Waals surface area contributed by atoms with Crippen molar-refractivity contribution in [2.45, 2.75) is 12.8 Å². The van der Waals surface area contributed by atoms with Gasteiger partial charge < -0.3 is 10.2 Å². The summed E-state index contributed by atoms with van der Waals surface area (Å²) >= 11 is 5.90. The first-order valence-electron chi connectivity index (χ1n) is 6.87. The Balaban J connectivity index is 1.70. The Morgan fingerprint density at radius 3 is 2.67 bits per heavy atom. The molecular weight excluding hydrogens is 288 g/mol. The van der Waals surface area contributed by atoms with E-state index in [9.17, 15) is 4.79 Å². The summed E-state index contributed by atoms with van der Waals surface area (Å²) < 4.78 is 0. The Morgan fingerprint density at radius 1 is 1.19 bits per heavy atom. The molecule has 1 aliphatic rings. The lowest BCUT2D eigenvalue weighted by Crippen LogP contribution is -2.19. The molecule has 1 saturated heterocycles. The minimum absolute atomic E-state index is 0.191. The van der Waals surface area contributed by atoms with Gasteiger partial charge in [0.25, 0.3) is 5.91 Å². The summed E-state index contributed by atoms with van der Waals surface area (Å²) in [5.41, 5.74) is 0.991. The fraction of sp³-hybridized carbons (Fsp3) is 0.267. The normalized spacial score (nSPS) is 14.2. The highest BCUT2D eigenvalue weighted by atomic mass is 35.5. The molecule has 21 heavy (non-hydrogen) atoms. The Kier molecular flexibility index (Phi) is 4.01. The van der Waals surface area contributed by atoms with Gasteiger partial charge in [0.2, 0.25) is 0 Å². The number of rotatable bonds is 3. The SMILES string of the molecule is O=C(Nc1ccc(N2CCCC2)nc1)c1cccnc1Cl. The number of halogens is 1. The van der Waals surface area contributed by atoms with Crippen molar-refractivity contribution in [1.82, 2.24) is 9.97 Å². The number of anilines is 2. The van der Waals surface area contributed by atoms with E-state index in [4.69, 9.17) is 11.6 Å². The number of hydrogen-bond donors (Lipinski definition) is 1. The Labute approximate surface area is 128 Å². The molecule has 0 aliphatic carbocycles. The van der Waals surface area contributed by atoms with Crippen molar-refractivity contribution in [3.05, 3.63) is 47.4 Å². The number of nitrogens with zero attached hydrogens (tertiary/aromatic N) is 3. The highest BCUT2D eigenvalue weighted by Crippen LogP contribution is 2.20. The van der Waals surface area contributed by atoms with Crippen LogP contribution >= 0.6 is 11.6 Å². The predicted molar refractivity (Wildman–Crippen MR) is 82.9 cm³/mol. The maximum absolute atomic E-state index is 12.1. The van der Waals surface area contributed by atoms with Crippen molar-refractivity contribution >= 4 is 29.0 Å². The molecule has 5 nitrogen and oxygen atoms in total.